The van der Waals surface area contributed by atoms with E-state index in [1.54, 1.807) is 6.07 Å². The molecule has 0 bridgehead atoms. The molecule has 8 atom stereocenters. The van der Waals surface area contributed by atoms with Crippen LogP contribution in [0.4, 0.5) is 0 Å². The lowest BCUT2D eigenvalue weighted by Gasteiger charge is -2.42. The molecule has 3 aliphatic carbocycles. The van der Waals surface area contributed by atoms with Crippen molar-refractivity contribution in [3.8, 4) is 23.3 Å². The zero-order chi connectivity index (χ0) is 33.7. The highest BCUT2D eigenvalue weighted by Gasteiger charge is 2.48. The summed E-state index contributed by atoms with van der Waals surface area (Å²) in [7, 11) is 1.52. The molecule has 0 aromatic heterocycles. The SMILES string of the molecule is COc1cc2c(cc1O)C(C(CCO)CCc1ccccc1)C#CC1(CCC(CCC3CNC4CC(=O)CCC4C3)CC1O)C(=O)CC2. The Hall–Kier alpha value is -3.18. The highest BCUT2D eigenvalue weighted by Crippen LogP contribution is 2.46. The molecule has 8 unspecified atom stereocenters. The van der Waals surface area contributed by atoms with Gasteiger partial charge in [0.15, 0.2) is 17.3 Å². The van der Waals surface area contributed by atoms with Gasteiger partial charge in [-0.15, -0.1) is 0 Å². The van der Waals surface area contributed by atoms with Crippen molar-refractivity contribution >= 4 is 11.6 Å². The summed E-state index contributed by atoms with van der Waals surface area (Å²) in [5, 5.41) is 36.5. The number of phenolic OH excluding ortho intramolecular Hbond substituents is 1. The number of nitrogens with one attached hydrogen (secondary N) is 1. The number of aliphatic hydroxyl groups excluding tert-OH is 2. The maximum Gasteiger partial charge on any atom is 0.160 e. The molecule has 4 aliphatic rings. The van der Waals surface area contributed by atoms with Gasteiger partial charge in [0, 0.05) is 37.8 Å². The number of fused-ring (bicyclic) bond motifs is 2. The minimum atomic E-state index is -1.11. The topological polar surface area (TPSA) is 116 Å². The minimum absolute atomic E-state index is 0.00282. The lowest BCUT2D eigenvalue weighted by molar-refractivity contribution is -0.134. The number of Topliss-reactive ketones (excluding diaryl/α,β-unsaturated/α-hetero) is 2. The molecule has 2 aromatic rings. The molecule has 3 fully saturated rings. The molecule has 48 heavy (non-hydrogen) atoms. The summed E-state index contributed by atoms with van der Waals surface area (Å²) in [4.78, 5) is 26.0. The molecule has 0 amide bonds. The fraction of sp³-hybridized carbons (Fsp3) is 0.610. The fourth-order valence-electron chi connectivity index (χ4n) is 9.20. The van der Waals surface area contributed by atoms with E-state index in [1.165, 1.54) is 19.1 Å². The van der Waals surface area contributed by atoms with Crippen molar-refractivity contribution in [3.05, 3.63) is 59.2 Å². The Morgan fingerprint density at radius 3 is 2.60 bits per heavy atom. The quantitative estimate of drug-likeness (QED) is 0.235. The van der Waals surface area contributed by atoms with E-state index in [1.807, 2.05) is 24.3 Å². The smallest absolute Gasteiger partial charge is 0.160 e. The van der Waals surface area contributed by atoms with Crippen LogP contribution >= 0.6 is 0 Å². The zero-order valence-electron chi connectivity index (χ0n) is 28.5. The number of benzene rings is 2. The molecule has 0 radical (unpaired) electrons. The van der Waals surface area contributed by atoms with Crippen LogP contribution in [0.2, 0.25) is 0 Å². The summed E-state index contributed by atoms with van der Waals surface area (Å²) in [5.74, 6) is 8.94. The third-order valence-electron chi connectivity index (χ3n) is 12.1. The molecular weight excluding hydrogens is 602 g/mol. The van der Waals surface area contributed by atoms with Crippen molar-refractivity contribution < 1.29 is 29.6 Å². The van der Waals surface area contributed by atoms with Gasteiger partial charge in [0.25, 0.3) is 0 Å². The minimum Gasteiger partial charge on any atom is -0.504 e. The average Bonchev–Trinajstić information content (AvgIpc) is 3.15. The van der Waals surface area contributed by atoms with Gasteiger partial charge in [-0.25, -0.2) is 0 Å². The largest absolute Gasteiger partial charge is 0.504 e. The van der Waals surface area contributed by atoms with Crippen LogP contribution in [0.5, 0.6) is 11.5 Å². The van der Waals surface area contributed by atoms with E-state index in [9.17, 15) is 24.9 Å². The van der Waals surface area contributed by atoms with Gasteiger partial charge in [-0.05, 0) is 123 Å². The van der Waals surface area contributed by atoms with Gasteiger partial charge in [0.2, 0.25) is 0 Å². The number of aliphatic hydroxyl groups is 2. The van der Waals surface area contributed by atoms with E-state index in [0.717, 1.165) is 62.6 Å². The number of aryl methyl sites for hydroxylation is 2. The first kappa shape index (κ1) is 34.7. The number of hydrogen-bond acceptors (Lipinski definition) is 7. The molecule has 1 heterocycles. The van der Waals surface area contributed by atoms with Gasteiger partial charge in [-0.1, -0.05) is 48.6 Å². The van der Waals surface area contributed by atoms with Crippen LogP contribution in [0, 0.1) is 40.9 Å². The third kappa shape index (κ3) is 7.67. The fourth-order valence-corrected chi connectivity index (χ4v) is 9.20. The summed E-state index contributed by atoms with van der Waals surface area (Å²) in [5.41, 5.74) is 1.91. The first-order valence-electron chi connectivity index (χ1n) is 18.3. The molecule has 1 aliphatic heterocycles. The molecular formula is C41H53NO6. The molecule has 6 rings (SSSR count). The number of hydrogen-bond donors (Lipinski definition) is 4. The van der Waals surface area contributed by atoms with Gasteiger partial charge in [-0.2, -0.15) is 0 Å². The average molecular weight is 656 g/mol. The lowest BCUT2D eigenvalue weighted by atomic mass is 9.64. The summed E-state index contributed by atoms with van der Waals surface area (Å²) in [6.45, 7) is 0.971. The van der Waals surface area contributed by atoms with Gasteiger partial charge in [-0.3, -0.25) is 9.59 Å². The van der Waals surface area contributed by atoms with Gasteiger partial charge >= 0.3 is 0 Å². The second-order valence-corrected chi connectivity index (χ2v) is 15.1. The van der Waals surface area contributed by atoms with Crippen LogP contribution in [0.15, 0.2) is 42.5 Å². The monoisotopic (exact) mass is 655 g/mol. The van der Waals surface area contributed by atoms with Crippen molar-refractivity contribution in [1.29, 1.82) is 0 Å². The summed E-state index contributed by atoms with van der Waals surface area (Å²) in [6, 6.07) is 14.2. The Kier molecular flexibility index (Phi) is 11.3. The van der Waals surface area contributed by atoms with Crippen LogP contribution < -0.4 is 10.1 Å². The predicted octanol–water partition coefficient (Wildman–Crippen LogP) is 5.91. The Labute approximate surface area is 285 Å². The van der Waals surface area contributed by atoms with Gasteiger partial charge in [0.05, 0.1) is 13.2 Å². The molecule has 7 nitrogen and oxygen atoms in total. The maximum atomic E-state index is 14.1. The second-order valence-electron chi connectivity index (χ2n) is 15.1. The third-order valence-corrected chi connectivity index (χ3v) is 12.1. The molecule has 4 N–H and O–H groups in total. The Morgan fingerprint density at radius 1 is 1.02 bits per heavy atom. The van der Waals surface area contributed by atoms with E-state index in [4.69, 9.17) is 4.74 Å². The van der Waals surface area contributed by atoms with Crippen LogP contribution in [-0.2, 0) is 22.4 Å². The van der Waals surface area contributed by atoms with Gasteiger partial charge < -0.3 is 25.4 Å². The first-order chi connectivity index (χ1) is 23.3. The molecule has 2 aromatic carbocycles. The van der Waals surface area contributed by atoms with Crippen LogP contribution in [0.3, 0.4) is 0 Å². The number of ketones is 2. The zero-order valence-corrected chi connectivity index (χ0v) is 28.5. The van der Waals surface area contributed by atoms with E-state index in [0.29, 0.717) is 67.4 Å². The number of aromatic hydroxyl groups is 1. The summed E-state index contributed by atoms with van der Waals surface area (Å²) < 4.78 is 5.46. The number of carbonyl (C=O) groups excluding carboxylic acids is 2. The van der Waals surface area contributed by atoms with Crippen molar-refractivity contribution in [2.75, 3.05) is 20.3 Å². The standard InChI is InChI=1S/C41H53NO6/c1-48-38-23-31-12-14-39(46)41(18-15-28(22-40(41)47)7-8-29-21-32-11-13-33(44)24-36(32)42-26-29)19-16-34(35(31)25-37(38)45)30(17-20-43)10-9-27-5-3-2-4-6-27/h2-6,23,25,28-30,32,34,36,40,42-43,45,47H,7-15,17-18,20-22,24,26H2,1H3. The summed E-state index contributed by atoms with van der Waals surface area (Å²) in [6.07, 6.45) is 9.73. The first-order valence-corrected chi connectivity index (χ1v) is 18.3. The summed E-state index contributed by atoms with van der Waals surface area (Å²) >= 11 is 0. The molecule has 2 saturated carbocycles. The van der Waals surface area contributed by atoms with E-state index >= 15 is 0 Å². The highest BCUT2D eigenvalue weighted by atomic mass is 16.5. The predicted molar refractivity (Wildman–Crippen MR) is 186 cm³/mol. The Balaban J connectivity index is 1.21. The highest BCUT2D eigenvalue weighted by molar-refractivity contribution is 5.89. The van der Waals surface area contributed by atoms with Crippen molar-refractivity contribution in [2.45, 2.75) is 108 Å². The van der Waals surface area contributed by atoms with Crippen LogP contribution in [0.25, 0.3) is 0 Å². The van der Waals surface area contributed by atoms with Crippen molar-refractivity contribution in [1.82, 2.24) is 5.32 Å². The molecule has 1 spiro atoms. The van der Waals surface area contributed by atoms with Crippen molar-refractivity contribution in [3.63, 3.8) is 0 Å². The molecule has 7 heteroatoms. The second kappa shape index (κ2) is 15.6. The number of ether oxygens (including phenoxy) is 1. The number of rotatable bonds is 10. The normalized spacial score (nSPS) is 31.0. The van der Waals surface area contributed by atoms with Crippen LogP contribution in [-0.4, -0.2) is 59.3 Å². The van der Waals surface area contributed by atoms with Crippen LogP contribution in [0.1, 0.15) is 99.7 Å². The maximum absolute atomic E-state index is 14.1. The number of methoxy groups -OCH3 is 1. The molecule has 1 saturated heterocycles. The molecule has 258 valence electrons. The van der Waals surface area contributed by atoms with Crippen molar-refractivity contribution in [2.24, 2.45) is 29.1 Å². The Bertz CT molecular complexity index is 1500. The lowest BCUT2D eigenvalue weighted by Crippen LogP contribution is -2.49. The van der Waals surface area contributed by atoms with E-state index in [-0.39, 0.29) is 36.4 Å². The number of carbonyl (C=O) groups is 2. The van der Waals surface area contributed by atoms with E-state index < -0.39 is 11.5 Å². The number of phenols is 1. The Morgan fingerprint density at radius 2 is 1.83 bits per heavy atom. The van der Waals surface area contributed by atoms with E-state index in [2.05, 4.69) is 29.3 Å². The van der Waals surface area contributed by atoms with Gasteiger partial charge in [0.1, 0.15) is 11.2 Å². The number of piperidine rings is 1.